The van der Waals surface area contributed by atoms with Gasteiger partial charge in [-0.2, -0.15) is 0 Å². The van der Waals surface area contributed by atoms with Crippen molar-refractivity contribution in [3.05, 3.63) is 35.4 Å². The second-order valence-electron chi connectivity index (χ2n) is 6.57. The van der Waals surface area contributed by atoms with Crippen molar-refractivity contribution in [2.45, 2.75) is 63.7 Å². The summed E-state index contributed by atoms with van der Waals surface area (Å²) in [4.78, 5) is 0. The second kappa shape index (κ2) is 6.28. The summed E-state index contributed by atoms with van der Waals surface area (Å²) in [5.74, 6) is 0.831. The Morgan fingerprint density at radius 1 is 1.15 bits per heavy atom. The average molecular weight is 273 g/mol. The number of hydrogen-bond acceptors (Lipinski definition) is 2. The van der Waals surface area contributed by atoms with Gasteiger partial charge in [-0.15, -0.1) is 0 Å². The summed E-state index contributed by atoms with van der Waals surface area (Å²) in [6.07, 6.45) is 8.32. The van der Waals surface area contributed by atoms with Crippen LogP contribution >= 0.6 is 0 Å². The first-order valence-corrected chi connectivity index (χ1v) is 8.18. The molecule has 0 radical (unpaired) electrons. The monoisotopic (exact) mass is 273 g/mol. The van der Waals surface area contributed by atoms with E-state index in [-0.39, 0.29) is 0 Å². The minimum atomic E-state index is 0.338. The molecule has 0 amide bonds. The van der Waals surface area contributed by atoms with Crippen LogP contribution in [0.3, 0.4) is 0 Å². The first-order chi connectivity index (χ1) is 9.78. The summed E-state index contributed by atoms with van der Waals surface area (Å²) in [6.45, 7) is 2.36. The van der Waals surface area contributed by atoms with Crippen LogP contribution in [0.1, 0.15) is 56.2 Å². The van der Waals surface area contributed by atoms with Crippen LogP contribution in [-0.2, 0) is 11.2 Å². The topological polar surface area (TPSA) is 21.3 Å². The Morgan fingerprint density at radius 2 is 2.00 bits per heavy atom. The zero-order valence-corrected chi connectivity index (χ0v) is 12.8. The number of aryl methyl sites for hydroxylation is 1. The highest BCUT2D eigenvalue weighted by atomic mass is 16.5. The molecule has 0 aliphatic heterocycles. The molecule has 2 heteroatoms. The SMILES string of the molecule is CNC1c2ccccc2CCC1OC1CCCC(C)C1. The number of hydrogen-bond donors (Lipinski definition) is 1. The summed E-state index contributed by atoms with van der Waals surface area (Å²) in [6, 6.07) is 9.18. The molecule has 0 saturated heterocycles. The predicted molar refractivity (Wildman–Crippen MR) is 82.9 cm³/mol. The van der Waals surface area contributed by atoms with Crippen LogP contribution in [0.4, 0.5) is 0 Å². The van der Waals surface area contributed by atoms with E-state index < -0.39 is 0 Å². The summed E-state index contributed by atoms with van der Waals surface area (Å²) in [5, 5.41) is 3.49. The van der Waals surface area contributed by atoms with Crippen molar-refractivity contribution in [2.75, 3.05) is 7.05 Å². The summed E-state index contributed by atoms with van der Waals surface area (Å²) >= 11 is 0. The third kappa shape index (κ3) is 2.91. The van der Waals surface area contributed by atoms with Crippen LogP contribution in [0.2, 0.25) is 0 Å². The van der Waals surface area contributed by atoms with E-state index in [4.69, 9.17) is 4.74 Å². The normalized spacial score (nSPS) is 33.7. The number of benzene rings is 1. The molecule has 1 N–H and O–H groups in total. The van der Waals surface area contributed by atoms with Crippen molar-refractivity contribution in [3.63, 3.8) is 0 Å². The Labute approximate surface area is 122 Å². The van der Waals surface area contributed by atoms with Crippen molar-refractivity contribution in [3.8, 4) is 0 Å². The molecule has 1 aromatic carbocycles. The number of rotatable bonds is 3. The largest absolute Gasteiger partial charge is 0.373 e. The molecule has 0 spiro atoms. The standard InChI is InChI=1S/C18H27NO/c1-13-6-5-8-15(12-13)20-17-11-10-14-7-3-4-9-16(14)18(17)19-2/h3-4,7,9,13,15,17-19H,5-6,8,10-12H2,1-2H3. The minimum Gasteiger partial charge on any atom is -0.373 e. The molecule has 2 nitrogen and oxygen atoms in total. The Hall–Kier alpha value is -0.860. The first kappa shape index (κ1) is 14.1. The van der Waals surface area contributed by atoms with Crippen molar-refractivity contribution in [2.24, 2.45) is 5.92 Å². The van der Waals surface area contributed by atoms with Gasteiger partial charge in [0.25, 0.3) is 0 Å². The third-order valence-corrected chi connectivity index (χ3v) is 5.03. The highest BCUT2D eigenvalue weighted by Gasteiger charge is 2.32. The van der Waals surface area contributed by atoms with E-state index in [0.29, 0.717) is 18.2 Å². The lowest BCUT2D eigenvalue weighted by atomic mass is 9.84. The maximum atomic E-state index is 6.50. The van der Waals surface area contributed by atoms with Crippen molar-refractivity contribution in [1.29, 1.82) is 0 Å². The van der Waals surface area contributed by atoms with Gasteiger partial charge < -0.3 is 10.1 Å². The molecule has 110 valence electrons. The van der Waals surface area contributed by atoms with Gasteiger partial charge in [-0.3, -0.25) is 0 Å². The lowest BCUT2D eigenvalue weighted by Crippen LogP contribution is -2.39. The van der Waals surface area contributed by atoms with Crippen molar-refractivity contribution >= 4 is 0 Å². The van der Waals surface area contributed by atoms with Gasteiger partial charge in [0, 0.05) is 0 Å². The highest BCUT2D eigenvalue weighted by Crippen LogP contribution is 2.35. The van der Waals surface area contributed by atoms with Crippen molar-refractivity contribution < 1.29 is 4.74 Å². The molecule has 3 rings (SSSR count). The molecular formula is C18H27NO. The molecule has 1 aromatic rings. The lowest BCUT2D eigenvalue weighted by Gasteiger charge is -2.37. The second-order valence-corrected chi connectivity index (χ2v) is 6.57. The van der Waals surface area contributed by atoms with Crippen LogP contribution in [0.25, 0.3) is 0 Å². The van der Waals surface area contributed by atoms with Crippen LogP contribution in [0, 0.1) is 5.92 Å². The quantitative estimate of drug-likeness (QED) is 0.903. The minimum absolute atomic E-state index is 0.338. The molecule has 4 atom stereocenters. The van der Waals surface area contributed by atoms with E-state index in [2.05, 4.69) is 43.6 Å². The summed E-state index contributed by atoms with van der Waals surface area (Å²) < 4.78 is 6.50. The van der Waals surface area contributed by atoms with Gasteiger partial charge in [0.05, 0.1) is 18.2 Å². The van der Waals surface area contributed by atoms with Gasteiger partial charge in [-0.25, -0.2) is 0 Å². The molecular weight excluding hydrogens is 246 g/mol. The van der Waals surface area contributed by atoms with Crippen LogP contribution in [0.5, 0.6) is 0 Å². The Morgan fingerprint density at radius 3 is 2.80 bits per heavy atom. The Kier molecular flexibility index (Phi) is 4.42. The zero-order valence-electron chi connectivity index (χ0n) is 12.8. The molecule has 0 aromatic heterocycles. The van der Waals surface area contributed by atoms with Gasteiger partial charge in [0.1, 0.15) is 0 Å². The fourth-order valence-electron chi connectivity index (χ4n) is 3.97. The van der Waals surface area contributed by atoms with Crippen molar-refractivity contribution in [1.82, 2.24) is 5.32 Å². The van der Waals surface area contributed by atoms with Gasteiger partial charge in [0.2, 0.25) is 0 Å². The van der Waals surface area contributed by atoms with Gasteiger partial charge >= 0.3 is 0 Å². The number of fused-ring (bicyclic) bond motifs is 1. The Bertz CT molecular complexity index is 445. The number of likely N-dealkylation sites (N-methyl/N-ethyl adjacent to an activating group) is 1. The Balaban J connectivity index is 1.71. The molecule has 0 bridgehead atoms. The summed E-state index contributed by atoms with van der Waals surface area (Å²) in [5.41, 5.74) is 2.93. The van der Waals surface area contributed by atoms with Gasteiger partial charge in [-0.05, 0) is 49.8 Å². The molecule has 2 aliphatic rings. The molecule has 2 aliphatic carbocycles. The van der Waals surface area contributed by atoms with Crippen LogP contribution in [-0.4, -0.2) is 19.3 Å². The molecule has 1 fully saturated rings. The smallest absolute Gasteiger partial charge is 0.0776 e. The van der Waals surface area contributed by atoms with E-state index in [0.717, 1.165) is 18.8 Å². The van der Waals surface area contributed by atoms with Gasteiger partial charge in [0.15, 0.2) is 0 Å². The zero-order chi connectivity index (χ0) is 13.9. The maximum Gasteiger partial charge on any atom is 0.0776 e. The van der Waals surface area contributed by atoms with E-state index in [1.807, 2.05) is 0 Å². The molecule has 4 unspecified atom stereocenters. The predicted octanol–water partition coefficient (Wildman–Crippen LogP) is 3.86. The van der Waals surface area contributed by atoms with Crippen LogP contribution < -0.4 is 5.32 Å². The molecule has 1 saturated carbocycles. The number of ether oxygens (including phenoxy) is 1. The number of nitrogens with one attached hydrogen (secondary N) is 1. The molecule has 0 heterocycles. The summed E-state index contributed by atoms with van der Waals surface area (Å²) in [7, 11) is 2.06. The van der Waals surface area contributed by atoms with E-state index in [9.17, 15) is 0 Å². The first-order valence-electron chi connectivity index (χ1n) is 8.18. The average Bonchev–Trinajstić information content (AvgIpc) is 2.47. The van der Waals surface area contributed by atoms with E-state index in [1.165, 1.54) is 36.8 Å². The third-order valence-electron chi connectivity index (χ3n) is 5.03. The van der Waals surface area contributed by atoms with E-state index >= 15 is 0 Å². The fraction of sp³-hybridized carbons (Fsp3) is 0.667. The fourth-order valence-corrected chi connectivity index (χ4v) is 3.97. The molecule has 20 heavy (non-hydrogen) atoms. The maximum absolute atomic E-state index is 6.50. The lowest BCUT2D eigenvalue weighted by molar-refractivity contribution is -0.0603. The van der Waals surface area contributed by atoms with E-state index in [1.54, 1.807) is 0 Å². The van der Waals surface area contributed by atoms with Crippen LogP contribution in [0.15, 0.2) is 24.3 Å². The van der Waals surface area contributed by atoms with Gasteiger partial charge in [-0.1, -0.05) is 44.0 Å². The highest BCUT2D eigenvalue weighted by molar-refractivity contribution is 5.33.